The van der Waals surface area contributed by atoms with Crippen molar-refractivity contribution in [3.05, 3.63) is 82.0 Å². The summed E-state index contributed by atoms with van der Waals surface area (Å²) in [7, 11) is 0. The highest BCUT2D eigenvalue weighted by molar-refractivity contribution is 8.00. The molecule has 1 aromatic heterocycles. The third-order valence-corrected chi connectivity index (χ3v) is 8.70. The van der Waals surface area contributed by atoms with Crippen LogP contribution >= 0.6 is 34.7 Å². The van der Waals surface area contributed by atoms with Crippen LogP contribution in [0, 0.1) is 5.41 Å². The van der Waals surface area contributed by atoms with Crippen molar-refractivity contribution in [1.82, 2.24) is 10.2 Å². The van der Waals surface area contributed by atoms with Gasteiger partial charge in [-0.15, -0.1) is 10.2 Å². The van der Waals surface area contributed by atoms with Crippen LogP contribution in [0.2, 0.25) is 5.02 Å². The van der Waals surface area contributed by atoms with Crippen LogP contribution in [-0.2, 0) is 15.3 Å². The smallest absolute Gasteiger partial charge is 0.234 e. The van der Waals surface area contributed by atoms with Gasteiger partial charge in [0, 0.05) is 40.8 Å². The zero-order valence-electron chi connectivity index (χ0n) is 19.0. The van der Waals surface area contributed by atoms with Crippen molar-refractivity contribution in [3.8, 4) is 0 Å². The molecule has 0 saturated heterocycles. The predicted molar refractivity (Wildman–Crippen MR) is 137 cm³/mol. The van der Waals surface area contributed by atoms with E-state index in [1.165, 1.54) is 11.3 Å². The van der Waals surface area contributed by atoms with Crippen LogP contribution in [0.15, 0.2) is 70.2 Å². The molecule has 1 atom stereocenters. The van der Waals surface area contributed by atoms with E-state index in [4.69, 9.17) is 11.6 Å². The Kier molecular flexibility index (Phi) is 6.35. The Bertz CT molecular complexity index is 1290. The molecule has 0 bridgehead atoms. The minimum absolute atomic E-state index is 0.0445. The number of carbonyl (C=O) groups excluding carboxylic acids is 2. The molecule has 1 aliphatic heterocycles. The molecular formula is C26H24ClN3O2S2. The first-order valence-corrected chi connectivity index (χ1v) is 13.3. The standard InChI is InChI=1S/C26H24ClN3O2S2/c1-26(2)13-20-23(21(31)14-26)18(16-8-4-3-5-9-16)12-22(32)30(20)24-28-29-25(34-24)33-15-17-10-6-7-11-19(17)27/h3-11,18H,12-15H2,1-2H3/t18-/m1/s1. The summed E-state index contributed by atoms with van der Waals surface area (Å²) in [5, 5.41) is 9.93. The highest BCUT2D eigenvalue weighted by atomic mass is 35.5. The Hall–Kier alpha value is -2.48. The second kappa shape index (κ2) is 9.29. The quantitative estimate of drug-likeness (QED) is 0.284. The Labute approximate surface area is 212 Å². The van der Waals surface area contributed by atoms with Gasteiger partial charge in [-0.25, -0.2) is 0 Å². The van der Waals surface area contributed by atoms with E-state index in [0.29, 0.717) is 23.7 Å². The first kappa shape index (κ1) is 23.3. The average Bonchev–Trinajstić information content (AvgIpc) is 3.26. The van der Waals surface area contributed by atoms with E-state index in [2.05, 4.69) is 24.0 Å². The van der Waals surface area contributed by atoms with Gasteiger partial charge in [0.1, 0.15) is 0 Å². The molecule has 1 aliphatic carbocycles. The van der Waals surface area contributed by atoms with E-state index in [1.54, 1.807) is 16.7 Å². The van der Waals surface area contributed by atoms with Gasteiger partial charge in [0.15, 0.2) is 10.1 Å². The molecule has 5 nitrogen and oxygen atoms in total. The molecule has 2 heterocycles. The first-order chi connectivity index (χ1) is 16.3. The van der Waals surface area contributed by atoms with Gasteiger partial charge in [-0.2, -0.15) is 0 Å². The number of ketones is 1. The molecule has 5 rings (SSSR count). The first-order valence-electron chi connectivity index (χ1n) is 11.2. The number of nitrogens with zero attached hydrogens (tertiary/aromatic N) is 3. The van der Waals surface area contributed by atoms with Crippen molar-refractivity contribution in [1.29, 1.82) is 0 Å². The van der Waals surface area contributed by atoms with Crippen molar-refractivity contribution < 1.29 is 9.59 Å². The second-order valence-electron chi connectivity index (χ2n) is 9.43. The van der Waals surface area contributed by atoms with Crippen LogP contribution in [0.1, 0.15) is 50.2 Å². The number of Topliss-reactive ketones (excluding diaryl/α,β-unsaturated/α-hetero) is 1. The van der Waals surface area contributed by atoms with Gasteiger partial charge in [-0.3, -0.25) is 14.5 Å². The van der Waals surface area contributed by atoms with Crippen LogP contribution in [0.4, 0.5) is 5.13 Å². The lowest BCUT2D eigenvalue weighted by Crippen LogP contribution is -2.43. The van der Waals surface area contributed by atoms with E-state index in [1.807, 2.05) is 54.6 Å². The molecule has 1 amide bonds. The maximum atomic E-state index is 13.5. The molecule has 0 radical (unpaired) electrons. The van der Waals surface area contributed by atoms with E-state index in [9.17, 15) is 9.59 Å². The summed E-state index contributed by atoms with van der Waals surface area (Å²) in [6.07, 6.45) is 1.37. The second-order valence-corrected chi connectivity index (χ2v) is 12.0. The van der Waals surface area contributed by atoms with E-state index in [-0.39, 0.29) is 29.4 Å². The van der Waals surface area contributed by atoms with Gasteiger partial charge in [-0.1, -0.05) is 97.1 Å². The van der Waals surface area contributed by atoms with Crippen molar-refractivity contribution in [2.24, 2.45) is 5.41 Å². The Morgan fingerprint density at radius 2 is 1.79 bits per heavy atom. The summed E-state index contributed by atoms with van der Waals surface area (Å²) in [5.74, 6) is 0.524. The number of halogens is 1. The molecule has 8 heteroatoms. The maximum absolute atomic E-state index is 13.5. The largest absolute Gasteiger partial charge is 0.294 e. The number of benzene rings is 2. The van der Waals surface area contributed by atoms with Crippen molar-refractivity contribution in [2.75, 3.05) is 4.90 Å². The van der Waals surface area contributed by atoms with Crippen LogP contribution in [-0.4, -0.2) is 21.9 Å². The summed E-state index contributed by atoms with van der Waals surface area (Å²) in [6.45, 7) is 4.16. The van der Waals surface area contributed by atoms with Crippen LogP contribution in [0.3, 0.4) is 0 Å². The van der Waals surface area contributed by atoms with Gasteiger partial charge in [0.25, 0.3) is 0 Å². The van der Waals surface area contributed by atoms with Crippen molar-refractivity contribution in [3.63, 3.8) is 0 Å². The third-order valence-electron chi connectivity index (χ3n) is 6.24. The van der Waals surface area contributed by atoms with E-state index >= 15 is 0 Å². The summed E-state index contributed by atoms with van der Waals surface area (Å²) >= 11 is 9.20. The SMILES string of the molecule is CC1(C)CC(=O)C2=C(C1)N(c1nnc(SCc3ccccc3Cl)s1)C(=O)C[C@@H]2c1ccccc1. The van der Waals surface area contributed by atoms with E-state index < -0.39 is 0 Å². The number of amides is 1. The molecule has 2 aromatic carbocycles. The van der Waals surface area contributed by atoms with Crippen LogP contribution < -0.4 is 4.90 Å². The zero-order chi connectivity index (χ0) is 23.9. The molecular weight excluding hydrogens is 486 g/mol. The lowest BCUT2D eigenvalue weighted by molar-refractivity contribution is -0.121. The molecule has 0 N–H and O–H groups in total. The Morgan fingerprint density at radius 3 is 2.56 bits per heavy atom. The van der Waals surface area contributed by atoms with Gasteiger partial charge in [0.2, 0.25) is 11.0 Å². The number of thioether (sulfide) groups is 1. The number of hydrogen-bond acceptors (Lipinski definition) is 6. The minimum atomic E-state index is -0.223. The van der Waals surface area contributed by atoms with Crippen LogP contribution in [0.5, 0.6) is 0 Å². The molecule has 0 saturated carbocycles. The van der Waals surface area contributed by atoms with Gasteiger partial charge >= 0.3 is 0 Å². The fourth-order valence-electron chi connectivity index (χ4n) is 4.71. The van der Waals surface area contributed by atoms with Crippen molar-refractivity contribution in [2.45, 2.75) is 49.1 Å². The lowest BCUT2D eigenvalue weighted by Gasteiger charge is -2.41. The summed E-state index contributed by atoms with van der Waals surface area (Å²) in [6, 6.07) is 17.6. The zero-order valence-corrected chi connectivity index (χ0v) is 21.3. The maximum Gasteiger partial charge on any atom is 0.234 e. The Balaban J connectivity index is 1.49. The molecule has 2 aliphatic rings. The minimum Gasteiger partial charge on any atom is -0.294 e. The van der Waals surface area contributed by atoms with Gasteiger partial charge < -0.3 is 0 Å². The fraction of sp³-hybridized carbons (Fsp3) is 0.308. The number of rotatable bonds is 5. The number of anilines is 1. The average molecular weight is 510 g/mol. The molecule has 0 spiro atoms. The third kappa shape index (κ3) is 4.57. The topological polar surface area (TPSA) is 63.2 Å². The molecule has 0 fully saturated rings. The molecule has 174 valence electrons. The molecule has 3 aromatic rings. The van der Waals surface area contributed by atoms with Gasteiger partial charge in [-0.05, 0) is 29.0 Å². The normalized spacial score (nSPS) is 20.0. The predicted octanol–water partition coefficient (Wildman–Crippen LogP) is 6.65. The Morgan fingerprint density at radius 1 is 1.06 bits per heavy atom. The number of allylic oxidation sites excluding steroid dienone is 2. The number of aromatic nitrogens is 2. The summed E-state index contributed by atoms with van der Waals surface area (Å²) in [5.41, 5.74) is 3.34. The van der Waals surface area contributed by atoms with E-state index in [0.717, 1.165) is 31.8 Å². The van der Waals surface area contributed by atoms with Gasteiger partial charge in [0.05, 0.1) is 0 Å². The van der Waals surface area contributed by atoms with Crippen molar-refractivity contribution >= 4 is 51.5 Å². The number of hydrogen-bond donors (Lipinski definition) is 0. The monoisotopic (exact) mass is 509 g/mol. The molecule has 34 heavy (non-hydrogen) atoms. The summed E-state index contributed by atoms with van der Waals surface area (Å²) < 4.78 is 0.761. The lowest BCUT2D eigenvalue weighted by atomic mass is 9.69. The highest BCUT2D eigenvalue weighted by Crippen LogP contribution is 2.48. The number of carbonyl (C=O) groups is 2. The summed E-state index contributed by atoms with van der Waals surface area (Å²) in [4.78, 5) is 28.5. The fourth-order valence-corrected chi connectivity index (χ4v) is 6.88. The van der Waals surface area contributed by atoms with Crippen LogP contribution in [0.25, 0.3) is 0 Å². The molecule has 0 unspecified atom stereocenters. The highest BCUT2D eigenvalue weighted by Gasteiger charge is 2.45.